The molecule has 9 heteroatoms. The topological polar surface area (TPSA) is 59.5 Å². The van der Waals surface area contributed by atoms with Gasteiger partial charge in [-0.15, -0.1) is 0 Å². The normalized spacial score (nSPS) is 25.7. The minimum absolute atomic E-state index is 0.145. The third kappa shape index (κ3) is 4.81. The van der Waals surface area contributed by atoms with E-state index in [1.54, 1.807) is 6.07 Å². The molecule has 0 radical (unpaired) electrons. The van der Waals surface area contributed by atoms with Crippen LogP contribution in [0.1, 0.15) is 37.9 Å². The van der Waals surface area contributed by atoms with Gasteiger partial charge in [-0.25, -0.2) is 17.2 Å². The van der Waals surface area contributed by atoms with E-state index in [1.165, 1.54) is 12.3 Å². The number of ether oxygens (including phenoxy) is 1. The number of benzene rings is 1. The zero-order valence-corrected chi connectivity index (χ0v) is 20.6. The van der Waals surface area contributed by atoms with Gasteiger partial charge in [-0.1, -0.05) is 23.7 Å². The average molecular weight is 499 g/mol. The zero-order valence-electron chi connectivity index (χ0n) is 19.0. The van der Waals surface area contributed by atoms with Gasteiger partial charge in [0.1, 0.15) is 12.7 Å². The number of rotatable bonds is 7. The van der Waals surface area contributed by atoms with E-state index >= 15 is 0 Å². The molecule has 1 aromatic heterocycles. The van der Waals surface area contributed by atoms with Crippen molar-refractivity contribution in [3.63, 3.8) is 0 Å². The third-order valence-corrected chi connectivity index (χ3v) is 8.56. The summed E-state index contributed by atoms with van der Waals surface area (Å²) in [7, 11) is -3.34. The highest BCUT2D eigenvalue weighted by Gasteiger charge is 2.62. The van der Waals surface area contributed by atoms with Crippen LogP contribution in [-0.4, -0.2) is 56.3 Å². The maximum absolute atomic E-state index is 14.6. The highest BCUT2D eigenvalue weighted by molar-refractivity contribution is 7.90. The van der Waals surface area contributed by atoms with Crippen molar-refractivity contribution in [1.29, 1.82) is 0 Å². The number of sulfone groups is 1. The van der Waals surface area contributed by atoms with Gasteiger partial charge in [0.05, 0.1) is 4.90 Å². The Morgan fingerprint density at radius 3 is 2.42 bits per heavy atom. The zero-order chi connectivity index (χ0) is 24.1. The summed E-state index contributed by atoms with van der Waals surface area (Å²) in [4.78, 5) is 6.66. The van der Waals surface area contributed by atoms with Crippen molar-refractivity contribution in [2.45, 2.75) is 55.6 Å². The summed E-state index contributed by atoms with van der Waals surface area (Å²) >= 11 is 6.05. The standard InChI is InChI=1S/C24H29ClF2N2O3S/c1-22(2,17-4-6-18(25)7-5-17)29-13-12-23(15-29,21-24(26,27)16-32-21)11-10-19-8-9-20(14-28-19)33(3,30)31/h4-9,14,21H,10-13,15-16H2,1-3H3/t21-,23-/m1/s1. The van der Waals surface area contributed by atoms with Crippen LogP contribution in [0.5, 0.6) is 0 Å². The Kier molecular flexibility index (Phi) is 6.36. The van der Waals surface area contributed by atoms with E-state index in [4.69, 9.17) is 16.3 Å². The van der Waals surface area contributed by atoms with E-state index in [1.807, 2.05) is 24.3 Å². The van der Waals surface area contributed by atoms with Gasteiger partial charge in [-0.2, -0.15) is 0 Å². The van der Waals surface area contributed by atoms with Crippen LogP contribution in [0.25, 0.3) is 0 Å². The highest BCUT2D eigenvalue weighted by atomic mass is 35.5. The number of halogens is 3. The fraction of sp³-hybridized carbons (Fsp3) is 0.542. The monoisotopic (exact) mass is 498 g/mol. The van der Waals surface area contributed by atoms with Crippen molar-refractivity contribution in [1.82, 2.24) is 9.88 Å². The van der Waals surface area contributed by atoms with Crippen LogP contribution in [0.2, 0.25) is 5.02 Å². The first-order valence-electron chi connectivity index (χ1n) is 11.0. The molecule has 5 nitrogen and oxygen atoms in total. The Balaban J connectivity index is 1.55. The lowest BCUT2D eigenvalue weighted by atomic mass is 9.72. The van der Waals surface area contributed by atoms with Crippen molar-refractivity contribution in [2.75, 3.05) is 26.0 Å². The number of hydrogen-bond donors (Lipinski definition) is 0. The molecule has 2 aliphatic rings. The molecular formula is C24H29ClF2N2O3S. The largest absolute Gasteiger partial charge is 0.365 e. The molecule has 0 unspecified atom stereocenters. The fourth-order valence-corrected chi connectivity index (χ4v) is 5.72. The van der Waals surface area contributed by atoms with Crippen molar-refractivity contribution in [2.24, 2.45) is 5.41 Å². The average Bonchev–Trinajstić information content (AvgIpc) is 3.17. The number of aromatic nitrogens is 1. The van der Waals surface area contributed by atoms with Crippen LogP contribution in [0.4, 0.5) is 8.78 Å². The van der Waals surface area contributed by atoms with Crippen LogP contribution in [-0.2, 0) is 26.5 Å². The highest BCUT2D eigenvalue weighted by Crippen LogP contribution is 2.52. The first-order chi connectivity index (χ1) is 15.3. The minimum atomic E-state index is -3.34. The first-order valence-corrected chi connectivity index (χ1v) is 13.3. The van der Waals surface area contributed by atoms with Gasteiger partial charge in [0, 0.05) is 40.7 Å². The molecule has 2 aliphatic heterocycles. The second-order valence-corrected chi connectivity index (χ2v) is 12.3. The third-order valence-electron chi connectivity index (χ3n) is 7.21. The van der Waals surface area contributed by atoms with Gasteiger partial charge in [0.2, 0.25) is 0 Å². The molecule has 0 saturated carbocycles. The van der Waals surface area contributed by atoms with E-state index in [2.05, 4.69) is 23.7 Å². The van der Waals surface area contributed by atoms with Crippen LogP contribution >= 0.6 is 11.6 Å². The smallest absolute Gasteiger partial charge is 0.297 e. The van der Waals surface area contributed by atoms with Crippen LogP contribution < -0.4 is 0 Å². The minimum Gasteiger partial charge on any atom is -0.365 e. The molecule has 4 rings (SSSR count). The molecule has 33 heavy (non-hydrogen) atoms. The molecule has 180 valence electrons. The molecule has 2 fully saturated rings. The summed E-state index contributed by atoms with van der Waals surface area (Å²) in [6.45, 7) is 4.80. The summed E-state index contributed by atoms with van der Waals surface area (Å²) in [5, 5.41) is 0.655. The Hall–Kier alpha value is -1.61. The Morgan fingerprint density at radius 1 is 1.21 bits per heavy atom. The van der Waals surface area contributed by atoms with Gasteiger partial charge in [-0.05, 0) is 69.5 Å². The second kappa shape index (κ2) is 8.56. The molecule has 3 heterocycles. The van der Waals surface area contributed by atoms with Gasteiger partial charge in [0.25, 0.3) is 5.92 Å². The lowest BCUT2D eigenvalue weighted by Gasteiger charge is -2.48. The predicted molar refractivity (Wildman–Crippen MR) is 123 cm³/mol. The SMILES string of the molecule is CC(C)(c1ccc(Cl)cc1)N1CC[C@@](CCc2ccc(S(C)(=O)=O)cn2)([C@H]2OCC2(F)F)C1. The number of hydrogen-bond acceptors (Lipinski definition) is 5. The predicted octanol–water partition coefficient (Wildman–Crippen LogP) is 4.73. The summed E-state index contributed by atoms with van der Waals surface area (Å²) in [6, 6.07) is 10.8. The van der Waals surface area contributed by atoms with E-state index < -0.39 is 33.9 Å². The summed E-state index contributed by atoms with van der Waals surface area (Å²) in [6.07, 6.45) is 2.86. The molecule has 0 N–H and O–H groups in total. The maximum Gasteiger partial charge on any atom is 0.297 e. The van der Waals surface area contributed by atoms with E-state index in [-0.39, 0.29) is 10.4 Å². The molecule has 0 amide bonds. The van der Waals surface area contributed by atoms with Gasteiger partial charge in [0.15, 0.2) is 9.84 Å². The molecule has 0 spiro atoms. The molecule has 0 bridgehead atoms. The number of aryl methyl sites for hydroxylation is 1. The Labute approximate surface area is 199 Å². The van der Waals surface area contributed by atoms with Gasteiger partial charge in [-0.3, -0.25) is 9.88 Å². The summed E-state index contributed by atoms with van der Waals surface area (Å²) in [5.41, 5.74) is 0.672. The number of likely N-dealkylation sites (tertiary alicyclic amines) is 1. The summed E-state index contributed by atoms with van der Waals surface area (Å²) in [5.74, 6) is -2.85. The van der Waals surface area contributed by atoms with Gasteiger partial charge >= 0.3 is 0 Å². The number of nitrogens with zero attached hydrogens (tertiary/aromatic N) is 2. The second-order valence-electron chi connectivity index (χ2n) is 9.81. The van der Waals surface area contributed by atoms with Crippen LogP contribution in [0.3, 0.4) is 0 Å². The number of alkyl halides is 2. The maximum atomic E-state index is 14.6. The van der Waals surface area contributed by atoms with Crippen molar-refractivity contribution in [3.8, 4) is 0 Å². The quantitative estimate of drug-likeness (QED) is 0.552. The van der Waals surface area contributed by atoms with Gasteiger partial charge < -0.3 is 4.74 Å². The van der Waals surface area contributed by atoms with E-state index in [9.17, 15) is 17.2 Å². The molecular weight excluding hydrogens is 470 g/mol. The Bertz CT molecular complexity index is 1110. The Morgan fingerprint density at radius 2 is 1.91 bits per heavy atom. The molecule has 1 aromatic carbocycles. The molecule has 0 aliphatic carbocycles. The fourth-order valence-electron chi connectivity index (χ4n) is 5.04. The lowest BCUT2D eigenvalue weighted by molar-refractivity contribution is -0.301. The lowest BCUT2D eigenvalue weighted by Crippen LogP contribution is -2.61. The molecule has 2 saturated heterocycles. The van der Waals surface area contributed by atoms with Crippen molar-refractivity contribution >= 4 is 21.4 Å². The molecule has 2 aromatic rings. The van der Waals surface area contributed by atoms with Crippen LogP contribution in [0, 0.1) is 5.41 Å². The first kappa shape index (κ1) is 24.5. The van der Waals surface area contributed by atoms with Crippen molar-refractivity contribution in [3.05, 3.63) is 58.9 Å². The van der Waals surface area contributed by atoms with Crippen LogP contribution in [0.15, 0.2) is 47.5 Å². The molecule has 2 atom stereocenters. The van der Waals surface area contributed by atoms with E-state index in [0.29, 0.717) is 43.1 Å². The summed E-state index contributed by atoms with van der Waals surface area (Å²) < 4.78 is 58.0. The van der Waals surface area contributed by atoms with Crippen molar-refractivity contribution < 1.29 is 21.9 Å². The van der Waals surface area contributed by atoms with E-state index in [0.717, 1.165) is 11.8 Å². The number of pyridine rings is 1.